The summed E-state index contributed by atoms with van der Waals surface area (Å²) >= 11 is 6.16. The highest BCUT2D eigenvalue weighted by molar-refractivity contribution is 6.33. The van der Waals surface area contributed by atoms with Gasteiger partial charge < -0.3 is 5.73 Å². The maximum absolute atomic E-state index is 13.2. The first-order chi connectivity index (χ1) is 9.19. The number of hydrogen-bond acceptors (Lipinski definition) is 2. The van der Waals surface area contributed by atoms with Gasteiger partial charge in [-0.1, -0.05) is 32.4 Å². The lowest BCUT2D eigenvalue weighted by Gasteiger charge is -2.17. The van der Waals surface area contributed by atoms with E-state index in [9.17, 15) is 4.39 Å². The van der Waals surface area contributed by atoms with Gasteiger partial charge in [-0.25, -0.2) is 4.39 Å². The molecule has 2 rings (SSSR count). The maximum Gasteiger partial charge on any atom is 0.129 e. The Kier molecular flexibility index (Phi) is 3.78. The van der Waals surface area contributed by atoms with E-state index < -0.39 is 0 Å². The number of nitrogens with zero attached hydrogens (tertiary/aromatic N) is 2. The zero-order valence-electron chi connectivity index (χ0n) is 12.2. The average molecular weight is 296 g/mol. The second kappa shape index (κ2) is 5.09. The first-order valence-electron chi connectivity index (χ1n) is 6.46. The predicted molar refractivity (Wildman–Crippen MR) is 81.2 cm³/mol. The van der Waals surface area contributed by atoms with E-state index in [-0.39, 0.29) is 11.2 Å². The van der Waals surface area contributed by atoms with Crippen molar-refractivity contribution in [3.05, 3.63) is 34.7 Å². The van der Waals surface area contributed by atoms with Crippen LogP contribution in [0.2, 0.25) is 5.02 Å². The Bertz CT molecular complexity index is 641. The summed E-state index contributed by atoms with van der Waals surface area (Å²) < 4.78 is 14.8. The van der Waals surface area contributed by atoms with Crippen LogP contribution in [0.3, 0.4) is 0 Å². The molecule has 2 aromatic rings. The van der Waals surface area contributed by atoms with E-state index in [0.717, 1.165) is 23.2 Å². The fourth-order valence-corrected chi connectivity index (χ4v) is 2.47. The molecular weight excluding hydrogens is 277 g/mol. The molecule has 0 amide bonds. The van der Waals surface area contributed by atoms with Gasteiger partial charge >= 0.3 is 0 Å². The number of nitrogens with two attached hydrogens (primary N) is 1. The molecule has 0 bridgehead atoms. The van der Waals surface area contributed by atoms with Crippen molar-refractivity contribution in [3.8, 4) is 11.1 Å². The summed E-state index contributed by atoms with van der Waals surface area (Å²) in [7, 11) is 1.79. The normalized spacial score (nSPS) is 11.9. The highest BCUT2D eigenvalue weighted by Crippen LogP contribution is 2.37. The van der Waals surface area contributed by atoms with Crippen LogP contribution < -0.4 is 5.73 Å². The van der Waals surface area contributed by atoms with Gasteiger partial charge in [-0.15, -0.1) is 0 Å². The molecule has 108 valence electrons. The number of halogens is 2. The van der Waals surface area contributed by atoms with Crippen LogP contribution in [0.25, 0.3) is 11.1 Å². The van der Waals surface area contributed by atoms with E-state index in [1.165, 1.54) is 12.1 Å². The van der Waals surface area contributed by atoms with Crippen LogP contribution >= 0.6 is 11.6 Å². The van der Waals surface area contributed by atoms with Crippen LogP contribution in [-0.4, -0.2) is 9.78 Å². The summed E-state index contributed by atoms with van der Waals surface area (Å²) in [6, 6.07) is 4.33. The van der Waals surface area contributed by atoms with E-state index in [2.05, 4.69) is 25.9 Å². The van der Waals surface area contributed by atoms with E-state index in [1.54, 1.807) is 17.8 Å². The Morgan fingerprint density at radius 3 is 2.55 bits per heavy atom. The van der Waals surface area contributed by atoms with Gasteiger partial charge in [0.25, 0.3) is 0 Å². The predicted octanol–water partition coefficient (Wildman–Crippen LogP) is 4.05. The van der Waals surface area contributed by atoms with Crippen molar-refractivity contribution in [1.82, 2.24) is 9.78 Å². The lowest BCUT2D eigenvalue weighted by atomic mass is 9.88. The van der Waals surface area contributed by atoms with Gasteiger partial charge in [0.15, 0.2) is 0 Å². The smallest absolute Gasteiger partial charge is 0.129 e. The first kappa shape index (κ1) is 14.9. The minimum Gasteiger partial charge on any atom is -0.383 e. The van der Waals surface area contributed by atoms with Crippen LogP contribution in [-0.2, 0) is 13.5 Å². The van der Waals surface area contributed by atoms with Crippen molar-refractivity contribution in [2.75, 3.05) is 5.73 Å². The third kappa shape index (κ3) is 2.96. The summed E-state index contributed by atoms with van der Waals surface area (Å²) in [5.41, 5.74) is 8.58. The molecular formula is C15H19ClFN3. The Morgan fingerprint density at radius 2 is 2.00 bits per heavy atom. The number of anilines is 1. The van der Waals surface area contributed by atoms with E-state index in [4.69, 9.17) is 17.3 Å². The molecule has 3 nitrogen and oxygen atoms in total. The zero-order chi connectivity index (χ0) is 15.1. The molecule has 0 aliphatic heterocycles. The molecule has 0 unspecified atom stereocenters. The zero-order valence-corrected chi connectivity index (χ0v) is 12.9. The highest BCUT2D eigenvalue weighted by atomic mass is 35.5. The average Bonchev–Trinajstić information content (AvgIpc) is 2.53. The SMILES string of the molecule is Cn1nc(CC(C)(C)C)c(-c2ccc(F)cc2Cl)c1N. The van der Waals surface area contributed by atoms with Gasteiger partial charge in [0.05, 0.1) is 10.7 Å². The van der Waals surface area contributed by atoms with Crippen molar-refractivity contribution in [2.24, 2.45) is 12.5 Å². The molecule has 0 atom stereocenters. The molecule has 1 aromatic heterocycles. The number of nitrogen functional groups attached to an aromatic ring is 1. The molecule has 0 saturated carbocycles. The molecule has 2 N–H and O–H groups in total. The van der Waals surface area contributed by atoms with Crippen molar-refractivity contribution >= 4 is 17.4 Å². The summed E-state index contributed by atoms with van der Waals surface area (Å²) in [5.74, 6) is 0.177. The number of hydrogen-bond donors (Lipinski definition) is 1. The first-order valence-corrected chi connectivity index (χ1v) is 6.83. The summed E-state index contributed by atoms with van der Waals surface area (Å²) in [5, 5.41) is 4.82. The number of rotatable bonds is 2. The molecule has 0 saturated heterocycles. The van der Waals surface area contributed by atoms with Crippen LogP contribution in [0.1, 0.15) is 26.5 Å². The molecule has 0 fully saturated rings. The quantitative estimate of drug-likeness (QED) is 0.908. The summed E-state index contributed by atoms with van der Waals surface area (Å²) in [6.45, 7) is 6.40. The highest BCUT2D eigenvalue weighted by Gasteiger charge is 2.22. The Morgan fingerprint density at radius 1 is 1.35 bits per heavy atom. The Labute approximate surface area is 123 Å². The lowest BCUT2D eigenvalue weighted by molar-refractivity contribution is 0.405. The largest absolute Gasteiger partial charge is 0.383 e. The maximum atomic E-state index is 13.2. The molecule has 5 heteroatoms. The lowest BCUT2D eigenvalue weighted by Crippen LogP contribution is -2.10. The summed E-state index contributed by atoms with van der Waals surface area (Å²) in [4.78, 5) is 0. The standard InChI is InChI=1S/C15H19ClFN3/c1-15(2,3)8-12-13(14(18)20(4)19-12)10-6-5-9(17)7-11(10)16/h5-7H,8,18H2,1-4H3. The van der Waals surface area contributed by atoms with Gasteiger partial charge in [-0.2, -0.15) is 5.10 Å². The third-order valence-electron chi connectivity index (χ3n) is 3.06. The Balaban J connectivity index is 2.60. The van der Waals surface area contributed by atoms with Crippen LogP contribution in [0.4, 0.5) is 10.2 Å². The van der Waals surface area contributed by atoms with Crippen molar-refractivity contribution in [1.29, 1.82) is 0 Å². The van der Waals surface area contributed by atoms with Crippen LogP contribution in [0.5, 0.6) is 0 Å². The molecule has 0 radical (unpaired) electrons. The topological polar surface area (TPSA) is 43.8 Å². The third-order valence-corrected chi connectivity index (χ3v) is 3.38. The molecule has 20 heavy (non-hydrogen) atoms. The second-order valence-corrected chi connectivity index (χ2v) is 6.60. The van der Waals surface area contributed by atoms with E-state index >= 15 is 0 Å². The molecule has 0 aliphatic rings. The van der Waals surface area contributed by atoms with Gasteiger partial charge in [0, 0.05) is 18.2 Å². The van der Waals surface area contributed by atoms with E-state index in [0.29, 0.717) is 10.8 Å². The van der Waals surface area contributed by atoms with Gasteiger partial charge in [-0.3, -0.25) is 4.68 Å². The van der Waals surface area contributed by atoms with Crippen molar-refractivity contribution in [3.63, 3.8) is 0 Å². The van der Waals surface area contributed by atoms with Crippen molar-refractivity contribution < 1.29 is 4.39 Å². The number of aromatic nitrogens is 2. The number of aryl methyl sites for hydroxylation is 1. The molecule has 0 aliphatic carbocycles. The van der Waals surface area contributed by atoms with Gasteiger partial charge in [-0.05, 0) is 30.0 Å². The Hall–Kier alpha value is -1.55. The monoisotopic (exact) mass is 295 g/mol. The van der Waals surface area contributed by atoms with Crippen molar-refractivity contribution in [2.45, 2.75) is 27.2 Å². The summed E-state index contributed by atoms with van der Waals surface area (Å²) in [6.07, 6.45) is 0.765. The number of benzene rings is 1. The second-order valence-electron chi connectivity index (χ2n) is 6.19. The molecule has 1 aromatic carbocycles. The fraction of sp³-hybridized carbons (Fsp3) is 0.400. The molecule has 0 spiro atoms. The van der Waals surface area contributed by atoms with Gasteiger partial charge in [0.2, 0.25) is 0 Å². The van der Waals surface area contributed by atoms with E-state index in [1.807, 2.05) is 0 Å². The molecule has 1 heterocycles. The van der Waals surface area contributed by atoms with Gasteiger partial charge in [0.1, 0.15) is 11.6 Å². The minimum absolute atomic E-state index is 0.0715. The minimum atomic E-state index is -0.362. The van der Waals surface area contributed by atoms with Crippen LogP contribution in [0.15, 0.2) is 18.2 Å². The fourth-order valence-electron chi connectivity index (χ4n) is 2.21. The van der Waals surface area contributed by atoms with Crippen LogP contribution in [0, 0.1) is 11.2 Å².